The number of carbonyl (C=O) groups excluding carboxylic acids is 2. The van der Waals surface area contributed by atoms with Gasteiger partial charge in [-0.05, 0) is 69.5 Å². The molecule has 5 nitrogen and oxygen atoms in total. The number of pyridine rings is 1. The van der Waals surface area contributed by atoms with Gasteiger partial charge in [0.1, 0.15) is 5.82 Å². The van der Waals surface area contributed by atoms with Gasteiger partial charge in [0.05, 0.1) is 11.3 Å². The number of likely N-dealkylation sites (tertiary alicyclic amines) is 1. The Morgan fingerprint density at radius 2 is 1.83 bits per heavy atom. The first-order valence-corrected chi connectivity index (χ1v) is 10.2. The van der Waals surface area contributed by atoms with Gasteiger partial charge in [0.2, 0.25) is 0 Å². The predicted molar refractivity (Wildman–Crippen MR) is 110 cm³/mol. The van der Waals surface area contributed by atoms with Crippen LogP contribution in [0.2, 0.25) is 0 Å². The van der Waals surface area contributed by atoms with Crippen LogP contribution < -0.4 is 5.32 Å². The fourth-order valence-corrected chi connectivity index (χ4v) is 3.61. The van der Waals surface area contributed by atoms with Crippen LogP contribution in [0.5, 0.6) is 0 Å². The minimum atomic E-state index is -0.353. The second kappa shape index (κ2) is 9.16. The lowest BCUT2D eigenvalue weighted by Gasteiger charge is -2.32. The fraction of sp³-hybridized carbons (Fsp3) is 0.435. The standard InChI is InChI=1S/C23H28FN3O2/c1-4-15(2)26-22(28)20-10-5-16(3)25-21(20)17-11-13-27(14-12-17)23(29)18-6-8-19(24)9-7-18/h5-10,15,17H,4,11-14H2,1-3H3,(H,26,28). The Kier molecular flexibility index (Phi) is 6.62. The fourth-order valence-electron chi connectivity index (χ4n) is 3.61. The predicted octanol–water partition coefficient (Wildman–Crippen LogP) is 4.08. The van der Waals surface area contributed by atoms with Crippen LogP contribution in [0.3, 0.4) is 0 Å². The number of hydrogen-bond acceptors (Lipinski definition) is 3. The molecular weight excluding hydrogens is 369 g/mol. The number of nitrogens with zero attached hydrogens (tertiary/aromatic N) is 2. The summed E-state index contributed by atoms with van der Waals surface area (Å²) in [4.78, 5) is 31.9. The molecule has 1 aliphatic rings. The van der Waals surface area contributed by atoms with Gasteiger partial charge in [-0.25, -0.2) is 4.39 Å². The van der Waals surface area contributed by atoms with Crippen molar-refractivity contribution < 1.29 is 14.0 Å². The molecule has 0 saturated carbocycles. The third kappa shape index (κ3) is 5.00. The molecule has 2 aromatic rings. The highest BCUT2D eigenvalue weighted by atomic mass is 19.1. The third-order valence-corrected chi connectivity index (χ3v) is 5.56. The van der Waals surface area contributed by atoms with Crippen molar-refractivity contribution in [2.45, 2.75) is 52.0 Å². The molecule has 0 bridgehead atoms. The summed E-state index contributed by atoms with van der Waals surface area (Å²) in [5.74, 6) is -0.402. The van der Waals surface area contributed by atoms with Crippen molar-refractivity contribution in [3.8, 4) is 0 Å². The molecule has 6 heteroatoms. The van der Waals surface area contributed by atoms with Crippen LogP contribution in [0.25, 0.3) is 0 Å². The van der Waals surface area contributed by atoms with Gasteiger partial charge in [-0.3, -0.25) is 14.6 Å². The largest absolute Gasteiger partial charge is 0.350 e. The number of halogens is 1. The average molecular weight is 397 g/mol. The lowest BCUT2D eigenvalue weighted by molar-refractivity contribution is 0.0710. The molecule has 2 amide bonds. The lowest BCUT2D eigenvalue weighted by atomic mass is 9.89. The lowest BCUT2D eigenvalue weighted by Crippen LogP contribution is -2.39. The molecule has 0 radical (unpaired) electrons. The Bertz CT molecular complexity index is 874. The Labute approximate surface area is 171 Å². The van der Waals surface area contributed by atoms with Crippen molar-refractivity contribution in [3.63, 3.8) is 0 Å². The molecule has 1 atom stereocenters. The second-order valence-corrected chi connectivity index (χ2v) is 7.74. The maximum Gasteiger partial charge on any atom is 0.253 e. The van der Waals surface area contributed by atoms with Gasteiger partial charge in [-0.15, -0.1) is 0 Å². The molecule has 1 N–H and O–H groups in total. The number of piperidine rings is 1. The van der Waals surface area contributed by atoms with Crippen LogP contribution in [-0.2, 0) is 0 Å². The number of aryl methyl sites for hydroxylation is 1. The zero-order valence-electron chi connectivity index (χ0n) is 17.2. The van der Waals surface area contributed by atoms with Gasteiger partial charge in [0.25, 0.3) is 11.8 Å². The molecule has 1 fully saturated rings. The first-order chi connectivity index (χ1) is 13.9. The van der Waals surface area contributed by atoms with Crippen LogP contribution in [-0.4, -0.2) is 40.8 Å². The molecule has 1 aromatic carbocycles. The highest BCUT2D eigenvalue weighted by molar-refractivity contribution is 5.96. The van der Waals surface area contributed by atoms with Crippen LogP contribution in [0, 0.1) is 12.7 Å². The number of benzene rings is 1. The third-order valence-electron chi connectivity index (χ3n) is 5.56. The van der Waals surface area contributed by atoms with Crippen LogP contribution in [0.1, 0.15) is 71.1 Å². The maximum absolute atomic E-state index is 13.1. The topological polar surface area (TPSA) is 62.3 Å². The SMILES string of the molecule is CCC(C)NC(=O)c1ccc(C)nc1C1CCN(C(=O)c2ccc(F)cc2)CC1. The number of hydrogen-bond donors (Lipinski definition) is 1. The highest BCUT2D eigenvalue weighted by Crippen LogP contribution is 2.30. The summed E-state index contributed by atoms with van der Waals surface area (Å²) in [6, 6.07) is 9.46. The number of carbonyl (C=O) groups is 2. The Hall–Kier alpha value is -2.76. The first kappa shape index (κ1) is 21.0. The van der Waals surface area contributed by atoms with Gasteiger partial charge in [-0.2, -0.15) is 0 Å². The van der Waals surface area contributed by atoms with Gasteiger partial charge >= 0.3 is 0 Å². The van der Waals surface area contributed by atoms with E-state index in [-0.39, 0.29) is 29.6 Å². The zero-order valence-corrected chi connectivity index (χ0v) is 17.2. The zero-order chi connectivity index (χ0) is 21.0. The Morgan fingerprint density at radius 1 is 1.17 bits per heavy atom. The van der Waals surface area contributed by atoms with Crippen molar-refractivity contribution >= 4 is 11.8 Å². The summed E-state index contributed by atoms with van der Waals surface area (Å²) in [5, 5.41) is 3.02. The van der Waals surface area contributed by atoms with Crippen LogP contribution >= 0.6 is 0 Å². The second-order valence-electron chi connectivity index (χ2n) is 7.74. The average Bonchev–Trinajstić information content (AvgIpc) is 2.73. The summed E-state index contributed by atoms with van der Waals surface area (Å²) in [6.45, 7) is 7.12. The van der Waals surface area contributed by atoms with Crippen molar-refractivity contribution in [3.05, 3.63) is 64.7 Å². The normalized spacial score (nSPS) is 15.8. The Balaban J connectivity index is 1.72. The summed E-state index contributed by atoms with van der Waals surface area (Å²) >= 11 is 0. The number of rotatable bonds is 5. The molecule has 2 heterocycles. The minimum Gasteiger partial charge on any atom is -0.350 e. The molecule has 29 heavy (non-hydrogen) atoms. The molecule has 1 aromatic heterocycles. The highest BCUT2D eigenvalue weighted by Gasteiger charge is 2.28. The summed E-state index contributed by atoms with van der Waals surface area (Å²) < 4.78 is 13.1. The van der Waals surface area contributed by atoms with E-state index in [1.54, 1.807) is 4.90 Å². The van der Waals surface area contributed by atoms with E-state index in [1.165, 1.54) is 24.3 Å². The van der Waals surface area contributed by atoms with Gasteiger partial charge in [0.15, 0.2) is 0 Å². The molecule has 154 valence electrons. The number of amides is 2. The van der Waals surface area contributed by atoms with Crippen LogP contribution in [0.4, 0.5) is 4.39 Å². The minimum absolute atomic E-state index is 0.0876. The van der Waals surface area contributed by atoms with Crippen molar-refractivity contribution in [2.24, 2.45) is 0 Å². The van der Waals surface area contributed by atoms with E-state index >= 15 is 0 Å². The van der Waals surface area contributed by atoms with E-state index in [4.69, 9.17) is 0 Å². The molecule has 1 aliphatic heterocycles. The summed E-state index contributed by atoms with van der Waals surface area (Å²) in [6.07, 6.45) is 2.35. The summed E-state index contributed by atoms with van der Waals surface area (Å²) in [5.41, 5.74) is 2.82. The molecule has 0 aliphatic carbocycles. The molecule has 1 unspecified atom stereocenters. The van der Waals surface area contributed by atoms with Crippen molar-refractivity contribution in [2.75, 3.05) is 13.1 Å². The monoisotopic (exact) mass is 397 g/mol. The van der Waals surface area contributed by atoms with E-state index in [0.717, 1.165) is 30.7 Å². The van der Waals surface area contributed by atoms with Gasteiger partial charge in [-0.1, -0.05) is 6.92 Å². The van der Waals surface area contributed by atoms with E-state index in [2.05, 4.69) is 10.3 Å². The number of aromatic nitrogens is 1. The molecule has 3 rings (SSSR count). The van der Waals surface area contributed by atoms with Crippen LogP contribution in [0.15, 0.2) is 36.4 Å². The van der Waals surface area contributed by atoms with Crippen molar-refractivity contribution in [1.29, 1.82) is 0 Å². The molecule has 0 spiro atoms. The maximum atomic E-state index is 13.1. The first-order valence-electron chi connectivity index (χ1n) is 10.2. The smallest absolute Gasteiger partial charge is 0.253 e. The molecular formula is C23H28FN3O2. The molecule has 1 saturated heterocycles. The van der Waals surface area contributed by atoms with Crippen molar-refractivity contribution in [1.82, 2.24) is 15.2 Å². The van der Waals surface area contributed by atoms with E-state index in [0.29, 0.717) is 24.2 Å². The number of nitrogens with one attached hydrogen (secondary N) is 1. The quantitative estimate of drug-likeness (QED) is 0.827. The van der Waals surface area contributed by atoms with Gasteiger partial charge < -0.3 is 10.2 Å². The van der Waals surface area contributed by atoms with E-state index in [9.17, 15) is 14.0 Å². The summed E-state index contributed by atoms with van der Waals surface area (Å²) in [7, 11) is 0. The Morgan fingerprint density at radius 3 is 2.45 bits per heavy atom. The van der Waals surface area contributed by atoms with E-state index < -0.39 is 0 Å². The van der Waals surface area contributed by atoms with Gasteiger partial charge in [0, 0.05) is 36.3 Å². The van der Waals surface area contributed by atoms with E-state index in [1.807, 2.05) is 32.9 Å².